The summed E-state index contributed by atoms with van der Waals surface area (Å²) in [4.78, 5) is 29.4. The second-order valence-corrected chi connectivity index (χ2v) is 9.40. The molecule has 4 N–H and O–H groups in total. The summed E-state index contributed by atoms with van der Waals surface area (Å²) < 4.78 is 23.8. The quantitative estimate of drug-likeness (QED) is 0.353. The van der Waals surface area contributed by atoms with Gasteiger partial charge in [0.1, 0.15) is 5.69 Å². The second kappa shape index (κ2) is 10.1. The number of hydrogen-bond acceptors (Lipinski definition) is 5. The molecule has 176 valence electrons. The first-order chi connectivity index (χ1) is 16.7. The van der Waals surface area contributed by atoms with E-state index in [1.165, 1.54) is 18.3 Å². The lowest BCUT2D eigenvalue weighted by atomic mass is 10.0. The number of nitrogens with one attached hydrogen (secondary N) is 2. The largest absolute Gasteiger partial charge is 0.320 e. The minimum absolute atomic E-state index is 0.00273. The number of hydrogen-bond donors (Lipinski definition) is 3. The van der Waals surface area contributed by atoms with E-state index < -0.39 is 21.8 Å². The maximum Gasteiger partial charge on any atom is 0.274 e. The van der Waals surface area contributed by atoms with E-state index in [4.69, 9.17) is 16.7 Å². The van der Waals surface area contributed by atoms with E-state index in [0.29, 0.717) is 33.1 Å². The molecule has 0 bridgehead atoms. The fourth-order valence-corrected chi connectivity index (χ4v) is 4.22. The molecule has 2 amide bonds. The standard InChI is InChI=1S/C25H19ClN4O4S/c26-18-13-14-22(28-15-18)25(32)30-21-7-3-2-6-20(21)29-24(31)17-11-9-16(10-12-17)19-5-1-4-8-23(19)35(27,33)34/h1-15H,(H,29,31)(H,30,32)(H2,27,33,34). The Bertz CT molecular complexity index is 1510. The Balaban J connectivity index is 1.52. The monoisotopic (exact) mass is 506 g/mol. The molecule has 0 aliphatic carbocycles. The second-order valence-electron chi connectivity index (χ2n) is 7.43. The molecule has 0 saturated heterocycles. The van der Waals surface area contributed by atoms with Crippen molar-refractivity contribution in [3.63, 3.8) is 0 Å². The Morgan fingerprint density at radius 3 is 1.97 bits per heavy atom. The van der Waals surface area contributed by atoms with Crippen molar-refractivity contribution < 1.29 is 18.0 Å². The fraction of sp³-hybridized carbons (Fsp3) is 0. The summed E-state index contributed by atoms with van der Waals surface area (Å²) in [5, 5.41) is 11.2. The molecule has 4 aromatic rings. The Morgan fingerprint density at radius 2 is 1.37 bits per heavy atom. The van der Waals surface area contributed by atoms with Crippen molar-refractivity contribution in [1.82, 2.24) is 4.98 Å². The van der Waals surface area contributed by atoms with Gasteiger partial charge in [-0.05, 0) is 48.0 Å². The van der Waals surface area contributed by atoms with Crippen LogP contribution in [0.3, 0.4) is 0 Å². The number of rotatable bonds is 6. The average Bonchev–Trinajstić information content (AvgIpc) is 2.85. The van der Waals surface area contributed by atoms with Crippen LogP contribution in [-0.2, 0) is 10.0 Å². The maximum atomic E-state index is 12.9. The topological polar surface area (TPSA) is 131 Å². The number of sulfonamides is 1. The highest BCUT2D eigenvalue weighted by atomic mass is 35.5. The van der Waals surface area contributed by atoms with Crippen molar-refractivity contribution in [2.75, 3.05) is 10.6 Å². The van der Waals surface area contributed by atoms with Crippen LogP contribution in [0.5, 0.6) is 0 Å². The van der Waals surface area contributed by atoms with Crippen LogP contribution >= 0.6 is 11.6 Å². The SMILES string of the molecule is NS(=O)(=O)c1ccccc1-c1ccc(C(=O)Nc2ccccc2NC(=O)c2ccc(Cl)cn2)cc1. The van der Waals surface area contributed by atoms with Gasteiger partial charge >= 0.3 is 0 Å². The zero-order chi connectivity index (χ0) is 25.0. The third-order valence-electron chi connectivity index (χ3n) is 5.04. The Kier molecular flexibility index (Phi) is 6.92. The van der Waals surface area contributed by atoms with Crippen molar-refractivity contribution in [3.05, 3.63) is 107 Å². The van der Waals surface area contributed by atoms with E-state index in [0.717, 1.165) is 0 Å². The summed E-state index contributed by atoms with van der Waals surface area (Å²) in [6.45, 7) is 0. The van der Waals surface area contributed by atoms with E-state index in [-0.39, 0.29) is 10.6 Å². The molecule has 0 atom stereocenters. The number of halogens is 1. The highest BCUT2D eigenvalue weighted by Gasteiger charge is 2.16. The highest BCUT2D eigenvalue weighted by molar-refractivity contribution is 7.89. The normalized spacial score (nSPS) is 11.0. The number of primary sulfonamides is 1. The number of nitrogens with zero attached hydrogens (tertiary/aromatic N) is 1. The van der Waals surface area contributed by atoms with Gasteiger partial charge in [-0.3, -0.25) is 9.59 Å². The highest BCUT2D eigenvalue weighted by Crippen LogP contribution is 2.27. The van der Waals surface area contributed by atoms with Crippen LogP contribution in [-0.4, -0.2) is 25.2 Å². The predicted molar refractivity (Wildman–Crippen MR) is 135 cm³/mol. The van der Waals surface area contributed by atoms with E-state index >= 15 is 0 Å². The van der Waals surface area contributed by atoms with Gasteiger partial charge in [0, 0.05) is 17.3 Å². The van der Waals surface area contributed by atoms with Crippen molar-refractivity contribution >= 4 is 44.8 Å². The number of anilines is 2. The molecule has 0 aliphatic rings. The number of amides is 2. The van der Waals surface area contributed by atoms with E-state index in [1.54, 1.807) is 72.8 Å². The van der Waals surface area contributed by atoms with Crippen LogP contribution < -0.4 is 15.8 Å². The number of nitrogens with two attached hydrogens (primary N) is 1. The molecule has 35 heavy (non-hydrogen) atoms. The first-order valence-electron chi connectivity index (χ1n) is 10.3. The summed E-state index contributed by atoms with van der Waals surface area (Å²) in [5.74, 6) is -0.871. The summed E-state index contributed by atoms with van der Waals surface area (Å²) >= 11 is 5.82. The lowest BCUT2D eigenvalue weighted by Gasteiger charge is -2.13. The van der Waals surface area contributed by atoms with Crippen LogP contribution in [0.4, 0.5) is 11.4 Å². The minimum Gasteiger partial charge on any atom is -0.320 e. The molecule has 0 unspecified atom stereocenters. The number of para-hydroxylation sites is 2. The summed E-state index contributed by atoms with van der Waals surface area (Å²) in [6, 6.07) is 22.6. The molecule has 1 heterocycles. The van der Waals surface area contributed by atoms with Crippen LogP contribution in [0.25, 0.3) is 11.1 Å². The number of carbonyl (C=O) groups is 2. The Morgan fingerprint density at radius 1 is 0.771 bits per heavy atom. The van der Waals surface area contributed by atoms with E-state index in [2.05, 4.69) is 15.6 Å². The third-order valence-corrected chi connectivity index (χ3v) is 6.23. The lowest BCUT2D eigenvalue weighted by molar-refractivity contribution is 0.101. The first-order valence-corrected chi connectivity index (χ1v) is 12.2. The predicted octanol–water partition coefficient (Wildman–Crippen LogP) is 4.55. The van der Waals surface area contributed by atoms with Crippen LogP contribution in [0.1, 0.15) is 20.8 Å². The summed E-state index contributed by atoms with van der Waals surface area (Å²) in [6.07, 6.45) is 1.37. The van der Waals surface area contributed by atoms with Crippen LogP contribution in [0.2, 0.25) is 5.02 Å². The molecule has 8 nitrogen and oxygen atoms in total. The van der Waals surface area contributed by atoms with Crippen molar-refractivity contribution in [2.24, 2.45) is 5.14 Å². The Hall–Kier alpha value is -4.05. The van der Waals surface area contributed by atoms with E-state index in [9.17, 15) is 18.0 Å². The zero-order valence-corrected chi connectivity index (χ0v) is 19.7. The van der Waals surface area contributed by atoms with Gasteiger partial charge in [-0.2, -0.15) is 0 Å². The number of aromatic nitrogens is 1. The Labute approximate surface area is 206 Å². The first kappa shape index (κ1) is 24.1. The van der Waals surface area contributed by atoms with Gasteiger partial charge < -0.3 is 10.6 Å². The third kappa shape index (κ3) is 5.72. The van der Waals surface area contributed by atoms with Crippen LogP contribution in [0.15, 0.2) is 96.0 Å². The summed E-state index contributed by atoms with van der Waals surface area (Å²) in [5.41, 5.74) is 2.32. The maximum absolute atomic E-state index is 12.9. The van der Waals surface area contributed by atoms with Gasteiger partial charge in [-0.1, -0.05) is 54.1 Å². The molecular formula is C25H19ClN4O4S. The summed E-state index contributed by atoms with van der Waals surface area (Å²) in [7, 11) is -3.91. The van der Waals surface area contributed by atoms with Gasteiger partial charge in [-0.15, -0.1) is 0 Å². The minimum atomic E-state index is -3.91. The molecule has 0 radical (unpaired) electrons. The van der Waals surface area contributed by atoms with Crippen molar-refractivity contribution in [1.29, 1.82) is 0 Å². The number of carbonyl (C=O) groups excluding carboxylic acids is 2. The molecule has 1 aromatic heterocycles. The van der Waals surface area contributed by atoms with Gasteiger partial charge in [-0.25, -0.2) is 18.5 Å². The van der Waals surface area contributed by atoms with Gasteiger partial charge in [0.05, 0.1) is 21.3 Å². The van der Waals surface area contributed by atoms with Crippen molar-refractivity contribution in [2.45, 2.75) is 4.90 Å². The number of pyridine rings is 1. The molecule has 0 fully saturated rings. The van der Waals surface area contributed by atoms with E-state index in [1.807, 2.05) is 0 Å². The number of benzene rings is 3. The molecule has 0 aliphatic heterocycles. The molecule has 3 aromatic carbocycles. The van der Waals surface area contributed by atoms with Crippen molar-refractivity contribution in [3.8, 4) is 11.1 Å². The van der Waals surface area contributed by atoms with Gasteiger partial charge in [0.2, 0.25) is 10.0 Å². The van der Waals surface area contributed by atoms with Gasteiger partial charge in [0.15, 0.2) is 0 Å². The smallest absolute Gasteiger partial charge is 0.274 e. The zero-order valence-electron chi connectivity index (χ0n) is 18.1. The fourth-order valence-electron chi connectivity index (χ4n) is 3.35. The average molecular weight is 507 g/mol. The van der Waals surface area contributed by atoms with Crippen LogP contribution in [0, 0.1) is 0 Å². The molecular weight excluding hydrogens is 488 g/mol. The molecule has 4 rings (SSSR count). The van der Waals surface area contributed by atoms with Gasteiger partial charge in [0.25, 0.3) is 11.8 Å². The molecule has 0 spiro atoms. The molecule has 10 heteroatoms. The lowest BCUT2D eigenvalue weighted by Crippen LogP contribution is -2.17. The molecule has 0 saturated carbocycles.